The van der Waals surface area contributed by atoms with E-state index in [9.17, 15) is 9.18 Å². The highest BCUT2D eigenvalue weighted by Gasteiger charge is 2.17. The number of carbonyl (C=O) groups excluding carboxylic acids is 1. The lowest BCUT2D eigenvalue weighted by molar-refractivity contribution is -0.113. The van der Waals surface area contributed by atoms with E-state index >= 15 is 0 Å². The summed E-state index contributed by atoms with van der Waals surface area (Å²) >= 11 is 1.27. The van der Waals surface area contributed by atoms with Gasteiger partial charge in [-0.2, -0.15) is 0 Å². The van der Waals surface area contributed by atoms with Crippen molar-refractivity contribution >= 4 is 29.0 Å². The van der Waals surface area contributed by atoms with E-state index in [4.69, 9.17) is 9.47 Å². The molecular weight excluding hydrogens is 481 g/mol. The summed E-state index contributed by atoms with van der Waals surface area (Å²) in [6.07, 6.45) is 0. The number of hydrogen-bond acceptors (Lipinski definition) is 7. The Hall–Kier alpha value is -4.05. The zero-order valence-electron chi connectivity index (χ0n) is 20.1. The van der Waals surface area contributed by atoms with Gasteiger partial charge in [-0.3, -0.25) is 9.36 Å². The van der Waals surface area contributed by atoms with Gasteiger partial charge in [0.1, 0.15) is 17.3 Å². The summed E-state index contributed by atoms with van der Waals surface area (Å²) in [4.78, 5) is 12.7. The average molecular weight is 508 g/mol. The van der Waals surface area contributed by atoms with Gasteiger partial charge in [-0.05, 0) is 55.5 Å². The molecule has 0 unspecified atom stereocenters. The molecule has 3 aromatic carbocycles. The lowest BCUT2D eigenvalue weighted by Crippen LogP contribution is -2.15. The smallest absolute Gasteiger partial charge is 0.234 e. The fourth-order valence-electron chi connectivity index (χ4n) is 3.43. The van der Waals surface area contributed by atoms with E-state index in [1.807, 2.05) is 35.8 Å². The maximum absolute atomic E-state index is 13.2. The van der Waals surface area contributed by atoms with E-state index < -0.39 is 0 Å². The zero-order chi connectivity index (χ0) is 25.5. The van der Waals surface area contributed by atoms with Crippen molar-refractivity contribution in [2.24, 2.45) is 0 Å². The number of amides is 1. The van der Waals surface area contributed by atoms with Crippen molar-refractivity contribution in [2.75, 3.05) is 30.6 Å². The standard InChI is InChI=1S/C26H26FN5O3S/c1-17-4-10-20(11-5-17)32-24(15-28-19-8-6-18(27)7-9-19)30-31-26(32)36-16-25(33)29-22-13-12-21(34-2)14-23(22)35-3/h4-14,28H,15-16H2,1-3H3,(H,29,33). The minimum Gasteiger partial charge on any atom is -0.497 e. The number of nitrogens with zero attached hydrogens (tertiary/aromatic N) is 3. The molecule has 4 aromatic rings. The first-order valence-electron chi connectivity index (χ1n) is 11.1. The fourth-order valence-corrected chi connectivity index (χ4v) is 4.20. The number of aryl methyl sites for hydroxylation is 1. The third kappa shape index (κ3) is 6.14. The van der Waals surface area contributed by atoms with Crippen LogP contribution < -0.4 is 20.1 Å². The van der Waals surface area contributed by atoms with Crippen LogP contribution in [-0.4, -0.2) is 40.6 Å². The van der Waals surface area contributed by atoms with Crippen LogP contribution in [0.3, 0.4) is 0 Å². The van der Waals surface area contributed by atoms with Gasteiger partial charge < -0.3 is 20.1 Å². The molecule has 2 N–H and O–H groups in total. The normalized spacial score (nSPS) is 10.7. The Morgan fingerprint density at radius 2 is 1.75 bits per heavy atom. The molecule has 0 radical (unpaired) electrons. The molecule has 0 aliphatic rings. The maximum Gasteiger partial charge on any atom is 0.234 e. The minimum atomic E-state index is -0.299. The average Bonchev–Trinajstić information content (AvgIpc) is 3.30. The molecule has 8 nitrogen and oxygen atoms in total. The highest BCUT2D eigenvalue weighted by atomic mass is 32.2. The van der Waals surface area contributed by atoms with Crippen LogP contribution in [0.25, 0.3) is 5.69 Å². The van der Waals surface area contributed by atoms with Crippen LogP contribution in [0.1, 0.15) is 11.4 Å². The molecule has 1 aromatic heterocycles. The molecule has 186 valence electrons. The number of methoxy groups -OCH3 is 2. The van der Waals surface area contributed by atoms with Crippen molar-refractivity contribution in [1.82, 2.24) is 14.8 Å². The van der Waals surface area contributed by atoms with Crippen LogP contribution in [0, 0.1) is 12.7 Å². The molecule has 0 saturated carbocycles. The van der Waals surface area contributed by atoms with Crippen molar-refractivity contribution in [3.05, 3.63) is 83.9 Å². The summed E-state index contributed by atoms with van der Waals surface area (Å²) < 4.78 is 25.7. The largest absolute Gasteiger partial charge is 0.497 e. The van der Waals surface area contributed by atoms with E-state index in [-0.39, 0.29) is 17.5 Å². The summed E-state index contributed by atoms with van der Waals surface area (Å²) in [7, 11) is 3.10. The van der Waals surface area contributed by atoms with E-state index in [1.165, 1.54) is 31.0 Å². The summed E-state index contributed by atoms with van der Waals surface area (Å²) in [5.74, 6) is 1.39. The molecule has 0 saturated heterocycles. The highest BCUT2D eigenvalue weighted by molar-refractivity contribution is 7.99. The summed E-state index contributed by atoms with van der Waals surface area (Å²) in [6.45, 7) is 2.38. The van der Waals surface area contributed by atoms with Gasteiger partial charge in [-0.25, -0.2) is 4.39 Å². The highest BCUT2D eigenvalue weighted by Crippen LogP contribution is 2.30. The number of hydrogen-bond donors (Lipinski definition) is 2. The molecule has 1 amide bonds. The second-order valence-corrected chi connectivity index (χ2v) is 8.78. The van der Waals surface area contributed by atoms with E-state index in [0.717, 1.165) is 16.9 Å². The van der Waals surface area contributed by atoms with Gasteiger partial charge in [0.05, 0.1) is 32.2 Å². The molecule has 0 aliphatic carbocycles. The van der Waals surface area contributed by atoms with Gasteiger partial charge in [0.2, 0.25) is 5.91 Å². The van der Waals surface area contributed by atoms with E-state index in [1.54, 1.807) is 37.4 Å². The second kappa shape index (κ2) is 11.6. The van der Waals surface area contributed by atoms with Gasteiger partial charge >= 0.3 is 0 Å². The molecule has 36 heavy (non-hydrogen) atoms. The Bertz CT molecular complexity index is 1330. The number of halogens is 1. The minimum absolute atomic E-state index is 0.116. The Balaban J connectivity index is 1.50. The summed E-state index contributed by atoms with van der Waals surface area (Å²) in [5, 5.41) is 15.4. The topological polar surface area (TPSA) is 90.3 Å². The third-order valence-corrected chi connectivity index (χ3v) is 6.23. The van der Waals surface area contributed by atoms with Gasteiger partial charge in [-0.15, -0.1) is 10.2 Å². The number of rotatable bonds is 10. The first-order chi connectivity index (χ1) is 17.5. The molecule has 0 fully saturated rings. The molecule has 10 heteroatoms. The molecule has 0 atom stereocenters. The Morgan fingerprint density at radius 3 is 2.44 bits per heavy atom. The number of carbonyl (C=O) groups is 1. The van der Waals surface area contributed by atoms with Gasteiger partial charge in [0.15, 0.2) is 11.0 Å². The van der Waals surface area contributed by atoms with Crippen molar-refractivity contribution in [1.29, 1.82) is 0 Å². The Kier molecular flexibility index (Phi) is 8.06. The molecule has 1 heterocycles. The quantitative estimate of drug-likeness (QED) is 0.290. The molecule has 0 aliphatic heterocycles. The van der Waals surface area contributed by atoms with E-state index in [0.29, 0.717) is 34.7 Å². The van der Waals surface area contributed by atoms with Gasteiger partial charge in [0, 0.05) is 17.4 Å². The number of ether oxygens (including phenoxy) is 2. The maximum atomic E-state index is 13.2. The van der Waals surface area contributed by atoms with Crippen LogP contribution in [0.2, 0.25) is 0 Å². The number of benzene rings is 3. The monoisotopic (exact) mass is 507 g/mol. The number of thioether (sulfide) groups is 1. The van der Waals surface area contributed by atoms with Crippen LogP contribution in [-0.2, 0) is 11.3 Å². The molecular formula is C26H26FN5O3S. The first kappa shape index (κ1) is 25.1. The number of anilines is 2. The summed E-state index contributed by atoms with van der Waals surface area (Å²) in [5.41, 5.74) is 3.31. The molecule has 0 spiro atoms. The second-order valence-electron chi connectivity index (χ2n) is 7.83. The first-order valence-corrected chi connectivity index (χ1v) is 12.1. The Morgan fingerprint density at radius 1 is 1.00 bits per heavy atom. The van der Waals surface area contributed by atoms with Crippen LogP contribution >= 0.6 is 11.8 Å². The predicted octanol–water partition coefficient (Wildman–Crippen LogP) is 5.07. The predicted molar refractivity (Wildman–Crippen MR) is 139 cm³/mol. The van der Waals surface area contributed by atoms with Crippen LogP contribution in [0.5, 0.6) is 11.5 Å². The molecule has 4 rings (SSSR count). The van der Waals surface area contributed by atoms with Crippen molar-refractivity contribution in [2.45, 2.75) is 18.6 Å². The van der Waals surface area contributed by atoms with Gasteiger partial charge in [-0.1, -0.05) is 29.5 Å². The van der Waals surface area contributed by atoms with Crippen LogP contribution in [0.15, 0.2) is 71.9 Å². The van der Waals surface area contributed by atoms with Crippen molar-refractivity contribution in [3.8, 4) is 17.2 Å². The summed E-state index contributed by atoms with van der Waals surface area (Å²) in [6, 6.07) is 19.3. The molecule has 0 bridgehead atoms. The number of aromatic nitrogens is 3. The lowest BCUT2D eigenvalue weighted by Gasteiger charge is -2.13. The van der Waals surface area contributed by atoms with Crippen molar-refractivity contribution < 1.29 is 18.7 Å². The SMILES string of the molecule is COc1ccc(NC(=O)CSc2nnc(CNc3ccc(F)cc3)n2-c2ccc(C)cc2)c(OC)c1. The zero-order valence-corrected chi connectivity index (χ0v) is 20.9. The number of nitrogens with one attached hydrogen (secondary N) is 2. The third-order valence-electron chi connectivity index (χ3n) is 5.30. The lowest BCUT2D eigenvalue weighted by atomic mass is 10.2. The van der Waals surface area contributed by atoms with E-state index in [2.05, 4.69) is 20.8 Å². The van der Waals surface area contributed by atoms with Crippen molar-refractivity contribution in [3.63, 3.8) is 0 Å². The van der Waals surface area contributed by atoms with Crippen LogP contribution in [0.4, 0.5) is 15.8 Å². The Labute approximate surface area is 212 Å². The fraction of sp³-hybridized carbons (Fsp3) is 0.192. The van der Waals surface area contributed by atoms with Gasteiger partial charge in [0.25, 0.3) is 0 Å².